The quantitative estimate of drug-likeness (QED) is 0.518. The van der Waals surface area contributed by atoms with Gasteiger partial charge in [0.2, 0.25) is 0 Å². The Morgan fingerprint density at radius 3 is 2.64 bits per heavy atom. The van der Waals surface area contributed by atoms with E-state index < -0.39 is 5.97 Å². The highest BCUT2D eigenvalue weighted by atomic mass is 16.4. The minimum Gasteiger partial charge on any atom is -0.478 e. The van der Waals surface area contributed by atoms with Crippen LogP contribution in [0.3, 0.4) is 0 Å². The molecule has 6 nitrogen and oxygen atoms in total. The molecule has 0 radical (unpaired) electrons. The average Bonchev–Trinajstić information content (AvgIpc) is 3.52. The molecule has 0 saturated carbocycles. The van der Waals surface area contributed by atoms with Gasteiger partial charge in [-0.25, -0.2) is 4.79 Å². The van der Waals surface area contributed by atoms with Gasteiger partial charge in [-0.05, 0) is 79.3 Å². The van der Waals surface area contributed by atoms with Gasteiger partial charge in [-0.2, -0.15) is 0 Å². The molecule has 170 valence electrons. The van der Waals surface area contributed by atoms with Crippen molar-refractivity contribution < 1.29 is 9.90 Å². The standard InChI is InChI=1S/C27H30N4O2/c1-30(21-6-8-22(9-7-21)31-14-2-3-15-31)23-10-11-24-19(16-23)4-5-20(24)17-29-26-18-28-13-12-25(26)27(32)33/h6-13,16,18,20,29H,2-5,14-15,17H2,1H3,(H,32,33)/t20-/m0/s1. The summed E-state index contributed by atoms with van der Waals surface area (Å²) < 4.78 is 0. The number of anilines is 4. The Balaban J connectivity index is 1.27. The molecule has 2 aromatic carbocycles. The number of benzene rings is 2. The van der Waals surface area contributed by atoms with Crippen molar-refractivity contribution in [3.63, 3.8) is 0 Å². The number of pyridine rings is 1. The molecule has 1 aliphatic carbocycles. The molecule has 6 heteroatoms. The van der Waals surface area contributed by atoms with E-state index in [9.17, 15) is 9.90 Å². The fraction of sp³-hybridized carbons (Fsp3) is 0.333. The van der Waals surface area contributed by atoms with Crippen LogP contribution in [0.25, 0.3) is 0 Å². The number of hydrogen-bond donors (Lipinski definition) is 2. The number of aromatic carboxylic acids is 1. The van der Waals surface area contributed by atoms with Crippen molar-refractivity contribution in [2.75, 3.05) is 41.8 Å². The maximum atomic E-state index is 11.4. The number of nitrogens with one attached hydrogen (secondary N) is 1. The predicted molar refractivity (Wildman–Crippen MR) is 133 cm³/mol. The van der Waals surface area contributed by atoms with Gasteiger partial charge in [0, 0.05) is 55.9 Å². The van der Waals surface area contributed by atoms with E-state index >= 15 is 0 Å². The molecule has 33 heavy (non-hydrogen) atoms. The molecule has 1 atom stereocenters. The summed E-state index contributed by atoms with van der Waals surface area (Å²) >= 11 is 0. The third-order valence-corrected chi connectivity index (χ3v) is 7.01. The Bertz CT molecular complexity index is 1140. The van der Waals surface area contributed by atoms with Gasteiger partial charge >= 0.3 is 5.97 Å². The van der Waals surface area contributed by atoms with Gasteiger partial charge in [-0.1, -0.05) is 6.07 Å². The predicted octanol–water partition coefficient (Wildman–Crippen LogP) is 5.29. The zero-order chi connectivity index (χ0) is 22.8. The summed E-state index contributed by atoms with van der Waals surface area (Å²) in [7, 11) is 2.12. The first-order chi connectivity index (χ1) is 16.1. The fourth-order valence-corrected chi connectivity index (χ4v) is 5.08. The molecule has 1 aromatic heterocycles. The number of aryl methyl sites for hydroxylation is 1. The lowest BCUT2D eigenvalue weighted by atomic mass is 10.0. The summed E-state index contributed by atoms with van der Waals surface area (Å²) in [6.07, 6.45) is 7.77. The Hall–Kier alpha value is -3.54. The first kappa shape index (κ1) is 21.3. The second-order valence-corrected chi connectivity index (χ2v) is 9.00. The van der Waals surface area contributed by atoms with Crippen molar-refractivity contribution >= 4 is 28.7 Å². The smallest absolute Gasteiger partial charge is 0.337 e. The topological polar surface area (TPSA) is 68.7 Å². The van der Waals surface area contributed by atoms with Crippen LogP contribution in [0.15, 0.2) is 60.9 Å². The molecule has 1 aliphatic heterocycles. The van der Waals surface area contributed by atoms with Crippen LogP contribution < -0.4 is 15.1 Å². The number of rotatable bonds is 7. The van der Waals surface area contributed by atoms with E-state index in [2.05, 4.69) is 69.6 Å². The summed E-state index contributed by atoms with van der Waals surface area (Å²) in [6, 6.07) is 17.2. The zero-order valence-electron chi connectivity index (χ0n) is 19.0. The largest absolute Gasteiger partial charge is 0.478 e. The van der Waals surface area contributed by atoms with Crippen molar-refractivity contribution in [3.05, 3.63) is 77.6 Å². The van der Waals surface area contributed by atoms with E-state index in [1.807, 2.05) is 0 Å². The second kappa shape index (κ2) is 9.14. The van der Waals surface area contributed by atoms with E-state index in [-0.39, 0.29) is 5.56 Å². The lowest BCUT2D eigenvalue weighted by Crippen LogP contribution is -2.17. The fourth-order valence-electron chi connectivity index (χ4n) is 5.08. The first-order valence-electron chi connectivity index (χ1n) is 11.7. The molecule has 2 aliphatic rings. The molecule has 3 aromatic rings. The molecule has 2 heterocycles. The summed E-state index contributed by atoms with van der Waals surface area (Å²) in [4.78, 5) is 20.2. The second-order valence-electron chi connectivity index (χ2n) is 9.00. The van der Waals surface area contributed by atoms with E-state index in [0.29, 0.717) is 18.2 Å². The third-order valence-electron chi connectivity index (χ3n) is 7.01. The molecular weight excluding hydrogens is 412 g/mol. The highest BCUT2D eigenvalue weighted by molar-refractivity contribution is 5.93. The lowest BCUT2D eigenvalue weighted by Gasteiger charge is -2.23. The zero-order valence-corrected chi connectivity index (χ0v) is 19.0. The van der Waals surface area contributed by atoms with Gasteiger partial charge in [0.05, 0.1) is 17.4 Å². The number of aromatic nitrogens is 1. The minimum absolute atomic E-state index is 0.260. The summed E-state index contributed by atoms with van der Waals surface area (Å²) in [5, 5.41) is 12.7. The number of carbonyl (C=O) groups is 1. The first-order valence-corrected chi connectivity index (χ1v) is 11.7. The normalized spacial score (nSPS) is 17.1. The highest BCUT2D eigenvalue weighted by Gasteiger charge is 2.24. The number of nitrogens with zero attached hydrogens (tertiary/aromatic N) is 3. The van der Waals surface area contributed by atoms with E-state index in [1.165, 1.54) is 53.3 Å². The van der Waals surface area contributed by atoms with Crippen molar-refractivity contribution in [1.29, 1.82) is 0 Å². The minimum atomic E-state index is -0.937. The van der Waals surface area contributed by atoms with E-state index in [1.54, 1.807) is 6.20 Å². The molecule has 0 bridgehead atoms. The molecule has 1 saturated heterocycles. The summed E-state index contributed by atoms with van der Waals surface area (Å²) in [6.45, 7) is 3.02. The van der Waals surface area contributed by atoms with Crippen LogP contribution in [-0.2, 0) is 6.42 Å². The number of carboxylic acids is 1. The summed E-state index contributed by atoms with van der Waals surface area (Å²) in [5.74, 6) is -0.575. The van der Waals surface area contributed by atoms with Crippen molar-refractivity contribution in [3.8, 4) is 0 Å². The monoisotopic (exact) mass is 442 g/mol. The maximum absolute atomic E-state index is 11.4. The van der Waals surface area contributed by atoms with Gasteiger partial charge in [0.25, 0.3) is 0 Å². The SMILES string of the molecule is CN(c1ccc(N2CCCC2)cc1)c1ccc2c(c1)CC[C@H]2CNc1cnccc1C(=O)O. The Labute approximate surface area is 194 Å². The Kier molecular flexibility index (Phi) is 5.90. The van der Waals surface area contributed by atoms with Crippen LogP contribution in [0, 0.1) is 0 Å². The van der Waals surface area contributed by atoms with Gasteiger partial charge in [-0.3, -0.25) is 4.98 Å². The van der Waals surface area contributed by atoms with Crippen molar-refractivity contribution in [2.24, 2.45) is 0 Å². The van der Waals surface area contributed by atoms with Crippen LogP contribution in [0.5, 0.6) is 0 Å². The van der Waals surface area contributed by atoms with Crippen molar-refractivity contribution in [2.45, 2.75) is 31.6 Å². The van der Waals surface area contributed by atoms with Crippen LogP contribution in [-0.4, -0.2) is 42.7 Å². The Morgan fingerprint density at radius 1 is 1.12 bits per heavy atom. The van der Waals surface area contributed by atoms with Crippen LogP contribution in [0.2, 0.25) is 0 Å². The highest BCUT2D eigenvalue weighted by Crippen LogP contribution is 2.37. The molecule has 0 amide bonds. The van der Waals surface area contributed by atoms with Crippen molar-refractivity contribution in [1.82, 2.24) is 4.98 Å². The van der Waals surface area contributed by atoms with Gasteiger partial charge < -0.3 is 20.2 Å². The molecular formula is C27H30N4O2. The van der Waals surface area contributed by atoms with Gasteiger partial charge in [0.1, 0.15) is 0 Å². The van der Waals surface area contributed by atoms with Crippen LogP contribution in [0.4, 0.5) is 22.7 Å². The van der Waals surface area contributed by atoms with E-state index in [0.717, 1.165) is 25.9 Å². The molecule has 0 spiro atoms. The summed E-state index contributed by atoms with van der Waals surface area (Å²) in [5.41, 5.74) is 7.26. The Morgan fingerprint density at radius 2 is 1.88 bits per heavy atom. The molecule has 5 rings (SSSR count). The number of fused-ring (bicyclic) bond motifs is 1. The number of carboxylic acid groups (broad SMARTS) is 1. The molecule has 1 fully saturated rings. The van der Waals surface area contributed by atoms with Gasteiger partial charge in [0.15, 0.2) is 0 Å². The lowest BCUT2D eigenvalue weighted by molar-refractivity contribution is 0.0698. The van der Waals surface area contributed by atoms with E-state index in [4.69, 9.17) is 0 Å². The van der Waals surface area contributed by atoms with Gasteiger partial charge in [-0.15, -0.1) is 0 Å². The molecule has 0 unspecified atom stereocenters. The van der Waals surface area contributed by atoms with Crippen LogP contribution in [0.1, 0.15) is 46.7 Å². The average molecular weight is 443 g/mol. The third kappa shape index (κ3) is 4.38. The molecule has 2 N–H and O–H groups in total. The number of hydrogen-bond acceptors (Lipinski definition) is 5. The van der Waals surface area contributed by atoms with Crippen LogP contribution >= 0.6 is 0 Å². The maximum Gasteiger partial charge on any atom is 0.337 e.